The van der Waals surface area contributed by atoms with E-state index in [1.54, 1.807) is 12.3 Å². The number of para-hydroxylation sites is 1. The Morgan fingerprint density at radius 3 is 2.75 bits per heavy atom. The second-order valence-corrected chi connectivity index (χ2v) is 4.44. The van der Waals surface area contributed by atoms with E-state index in [1.807, 2.05) is 30.3 Å². The number of H-pyrrole nitrogens is 1. The fourth-order valence-corrected chi connectivity index (χ4v) is 2.02. The van der Waals surface area contributed by atoms with Crippen LogP contribution in [0.2, 0.25) is 0 Å². The molecule has 20 heavy (non-hydrogen) atoms. The van der Waals surface area contributed by atoms with Gasteiger partial charge in [-0.3, -0.25) is 4.79 Å². The van der Waals surface area contributed by atoms with Gasteiger partial charge in [-0.05, 0) is 30.3 Å². The minimum absolute atomic E-state index is 0.290. The van der Waals surface area contributed by atoms with Crippen LogP contribution >= 0.6 is 0 Å². The lowest BCUT2D eigenvalue weighted by atomic mass is 10.2. The number of carbonyl (C=O) groups is 1. The largest absolute Gasteiger partial charge is 0.317 e. The molecular formula is C16H12FN2O+. The van der Waals surface area contributed by atoms with Crippen LogP contribution in [0.1, 0.15) is 10.4 Å². The maximum absolute atomic E-state index is 13.1. The molecular weight excluding hydrogens is 255 g/mol. The van der Waals surface area contributed by atoms with Gasteiger partial charge in [-0.25, -0.2) is 9.37 Å². The van der Waals surface area contributed by atoms with Crippen LogP contribution in [0.3, 0.4) is 0 Å². The van der Waals surface area contributed by atoms with Crippen molar-refractivity contribution in [3.8, 4) is 0 Å². The van der Waals surface area contributed by atoms with Crippen LogP contribution in [0, 0.1) is 5.82 Å². The summed E-state index contributed by atoms with van der Waals surface area (Å²) in [5, 5.41) is 3.73. The fourth-order valence-electron chi connectivity index (χ4n) is 2.02. The molecule has 0 fully saturated rings. The van der Waals surface area contributed by atoms with Gasteiger partial charge in [-0.15, -0.1) is 0 Å². The smallest absolute Gasteiger partial charge is 0.255 e. The summed E-state index contributed by atoms with van der Waals surface area (Å²) in [4.78, 5) is 15.1. The highest BCUT2D eigenvalue weighted by atomic mass is 19.1. The number of halogens is 1. The minimum atomic E-state index is -0.428. The lowest BCUT2D eigenvalue weighted by Crippen LogP contribution is -2.14. The van der Waals surface area contributed by atoms with Gasteiger partial charge in [0.25, 0.3) is 5.91 Å². The highest BCUT2D eigenvalue weighted by molar-refractivity contribution is 6.04. The molecule has 0 unspecified atom stereocenters. The van der Waals surface area contributed by atoms with Crippen LogP contribution in [-0.2, 0) is 0 Å². The van der Waals surface area contributed by atoms with E-state index in [0.717, 1.165) is 10.9 Å². The van der Waals surface area contributed by atoms with Crippen molar-refractivity contribution in [2.45, 2.75) is 0 Å². The number of rotatable bonds is 2. The van der Waals surface area contributed by atoms with Crippen LogP contribution in [-0.4, -0.2) is 5.91 Å². The number of carbonyl (C=O) groups excluding carboxylic acids is 1. The Kier molecular flexibility index (Phi) is 3.13. The zero-order valence-electron chi connectivity index (χ0n) is 10.6. The van der Waals surface area contributed by atoms with Gasteiger partial charge in [-0.2, -0.15) is 0 Å². The Bertz CT molecular complexity index is 786. The van der Waals surface area contributed by atoms with Gasteiger partial charge < -0.3 is 5.32 Å². The Morgan fingerprint density at radius 1 is 1.05 bits per heavy atom. The summed E-state index contributed by atoms with van der Waals surface area (Å²) in [6.07, 6.45) is 1.71. The van der Waals surface area contributed by atoms with Gasteiger partial charge in [0.1, 0.15) is 11.5 Å². The third-order valence-electron chi connectivity index (χ3n) is 3.00. The normalized spacial score (nSPS) is 10.4. The maximum atomic E-state index is 13.1. The van der Waals surface area contributed by atoms with Gasteiger partial charge in [-0.1, -0.05) is 18.2 Å². The molecule has 0 aliphatic carbocycles. The Balaban J connectivity index is 1.87. The van der Waals surface area contributed by atoms with Crippen molar-refractivity contribution in [1.82, 2.24) is 0 Å². The Labute approximate surface area is 115 Å². The average Bonchev–Trinajstić information content (AvgIpc) is 2.47. The molecule has 1 aromatic heterocycles. The molecule has 0 spiro atoms. The SMILES string of the molecule is O=C(Nc1c[nH+]c2ccccc2c1)c1cccc(F)c1. The summed E-state index contributed by atoms with van der Waals surface area (Å²) in [5.41, 5.74) is 1.91. The van der Waals surface area contributed by atoms with Crippen LogP contribution < -0.4 is 10.3 Å². The standard InChI is InChI=1S/C16H11FN2O/c17-13-6-3-5-12(8-13)16(20)19-14-9-11-4-1-2-7-15(11)18-10-14/h1-10H,(H,19,20)/p+1. The summed E-state index contributed by atoms with van der Waals surface area (Å²) in [5.74, 6) is -0.768. The lowest BCUT2D eigenvalue weighted by molar-refractivity contribution is -0.343. The first kappa shape index (κ1) is 12.3. The number of aromatic nitrogens is 1. The quantitative estimate of drug-likeness (QED) is 0.762. The first-order chi connectivity index (χ1) is 9.72. The molecule has 0 bridgehead atoms. The zero-order chi connectivity index (χ0) is 13.9. The summed E-state index contributed by atoms with van der Waals surface area (Å²) in [6, 6.07) is 15.2. The van der Waals surface area contributed by atoms with E-state index in [-0.39, 0.29) is 11.5 Å². The summed E-state index contributed by atoms with van der Waals surface area (Å²) >= 11 is 0. The van der Waals surface area contributed by atoms with Gasteiger partial charge >= 0.3 is 0 Å². The summed E-state index contributed by atoms with van der Waals surface area (Å²) < 4.78 is 13.1. The number of aromatic amines is 1. The second kappa shape index (κ2) is 5.09. The molecule has 1 heterocycles. The highest BCUT2D eigenvalue weighted by Crippen LogP contribution is 2.14. The van der Waals surface area contributed by atoms with Crippen molar-refractivity contribution in [1.29, 1.82) is 0 Å². The van der Waals surface area contributed by atoms with E-state index < -0.39 is 5.82 Å². The zero-order valence-corrected chi connectivity index (χ0v) is 10.6. The Hall–Kier alpha value is -2.75. The monoisotopic (exact) mass is 267 g/mol. The van der Waals surface area contributed by atoms with Gasteiger partial charge in [0.15, 0.2) is 6.20 Å². The van der Waals surface area contributed by atoms with Crippen LogP contribution in [0.25, 0.3) is 10.9 Å². The van der Waals surface area contributed by atoms with Crippen molar-refractivity contribution in [3.63, 3.8) is 0 Å². The molecule has 4 heteroatoms. The van der Waals surface area contributed by atoms with E-state index in [1.165, 1.54) is 18.2 Å². The minimum Gasteiger partial charge on any atom is -0.317 e. The molecule has 2 N–H and O–H groups in total. The molecule has 0 radical (unpaired) electrons. The van der Waals surface area contributed by atoms with Crippen molar-refractivity contribution >= 4 is 22.5 Å². The first-order valence-electron chi connectivity index (χ1n) is 6.20. The molecule has 2 aromatic carbocycles. The number of anilines is 1. The highest BCUT2D eigenvalue weighted by Gasteiger charge is 2.09. The molecule has 0 aliphatic rings. The molecule has 1 amide bonds. The van der Waals surface area contributed by atoms with Crippen molar-refractivity contribution in [2.75, 3.05) is 5.32 Å². The molecule has 0 aliphatic heterocycles. The molecule has 3 nitrogen and oxygen atoms in total. The van der Waals surface area contributed by atoms with Gasteiger partial charge in [0.05, 0.1) is 0 Å². The molecule has 0 saturated heterocycles. The number of fused-ring (bicyclic) bond motifs is 1. The summed E-state index contributed by atoms with van der Waals surface area (Å²) in [6.45, 7) is 0. The van der Waals surface area contributed by atoms with E-state index >= 15 is 0 Å². The van der Waals surface area contributed by atoms with Crippen LogP contribution in [0.4, 0.5) is 10.1 Å². The fraction of sp³-hybridized carbons (Fsp3) is 0. The second-order valence-electron chi connectivity index (χ2n) is 4.44. The van der Waals surface area contributed by atoms with E-state index in [2.05, 4.69) is 10.3 Å². The van der Waals surface area contributed by atoms with Gasteiger partial charge in [0.2, 0.25) is 5.52 Å². The van der Waals surface area contributed by atoms with E-state index in [9.17, 15) is 9.18 Å². The van der Waals surface area contributed by atoms with E-state index in [0.29, 0.717) is 5.69 Å². The predicted octanol–water partition coefficient (Wildman–Crippen LogP) is 3.05. The number of pyridine rings is 1. The first-order valence-corrected chi connectivity index (χ1v) is 6.20. The number of benzene rings is 2. The predicted molar refractivity (Wildman–Crippen MR) is 74.9 cm³/mol. The summed E-state index contributed by atoms with van der Waals surface area (Å²) in [7, 11) is 0. The van der Waals surface area contributed by atoms with Gasteiger partial charge in [0, 0.05) is 17.0 Å². The third kappa shape index (κ3) is 2.49. The lowest BCUT2D eigenvalue weighted by Gasteiger charge is -2.03. The van der Waals surface area contributed by atoms with Crippen molar-refractivity contribution in [2.24, 2.45) is 0 Å². The topological polar surface area (TPSA) is 43.2 Å². The van der Waals surface area contributed by atoms with Crippen LogP contribution in [0.5, 0.6) is 0 Å². The molecule has 3 rings (SSSR count). The Morgan fingerprint density at radius 2 is 1.90 bits per heavy atom. The maximum Gasteiger partial charge on any atom is 0.255 e. The molecule has 98 valence electrons. The molecule has 0 saturated carbocycles. The van der Waals surface area contributed by atoms with E-state index in [4.69, 9.17) is 0 Å². The molecule has 0 atom stereocenters. The molecule has 3 aromatic rings. The average molecular weight is 267 g/mol. The number of hydrogen-bond donors (Lipinski definition) is 1. The number of amides is 1. The number of nitrogens with one attached hydrogen (secondary N) is 2. The van der Waals surface area contributed by atoms with Crippen molar-refractivity contribution < 1.29 is 14.2 Å². The van der Waals surface area contributed by atoms with Crippen LogP contribution in [0.15, 0.2) is 60.8 Å². The number of hydrogen-bond acceptors (Lipinski definition) is 1. The third-order valence-corrected chi connectivity index (χ3v) is 3.00. The van der Waals surface area contributed by atoms with Crippen molar-refractivity contribution in [3.05, 3.63) is 72.2 Å².